The molecule has 2 aromatic rings. The summed E-state index contributed by atoms with van der Waals surface area (Å²) in [6, 6.07) is 15.0. The maximum atomic E-state index is 10.0. The molecule has 0 aliphatic rings. The maximum Gasteiger partial charge on any atom is 0.214 e. The fourth-order valence-corrected chi connectivity index (χ4v) is 1.90. The molecule has 0 bridgehead atoms. The van der Waals surface area contributed by atoms with Crippen LogP contribution in [0.3, 0.4) is 0 Å². The van der Waals surface area contributed by atoms with Crippen LogP contribution >= 0.6 is 0 Å². The maximum absolute atomic E-state index is 10.0. The lowest BCUT2D eigenvalue weighted by Gasteiger charge is -2.22. The summed E-state index contributed by atoms with van der Waals surface area (Å²) in [4.78, 5) is 6.18. The van der Waals surface area contributed by atoms with E-state index < -0.39 is 6.10 Å². The van der Waals surface area contributed by atoms with Gasteiger partial charge >= 0.3 is 0 Å². The Hall–Kier alpha value is -2.27. The second-order valence-corrected chi connectivity index (χ2v) is 4.70. The second kappa shape index (κ2) is 7.50. The summed E-state index contributed by atoms with van der Waals surface area (Å²) in [6.45, 7) is 0.658. The summed E-state index contributed by atoms with van der Waals surface area (Å²) in [7, 11) is 3.45. The van der Waals surface area contributed by atoms with E-state index in [1.165, 1.54) is 0 Å². The van der Waals surface area contributed by atoms with Gasteiger partial charge in [-0.05, 0) is 18.2 Å². The van der Waals surface area contributed by atoms with Gasteiger partial charge in [-0.2, -0.15) is 4.98 Å². The lowest BCUT2D eigenvalue weighted by molar-refractivity contribution is 0.113. The molecule has 21 heavy (non-hydrogen) atoms. The third-order valence-corrected chi connectivity index (χ3v) is 2.98. The lowest BCUT2D eigenvalue weighted by Crippen LogP contribution is -2.33. The van der Waals surface area contributed by atoms with E-state index in [1.807, 2.05) is 54.4 Å². The molecule has 1 aromatic carbocycles. The summed E-state index contributed by atoms with van der Waals surface area (Å²) in [5, 5.41) is 10.0. The molecule has 2 rings (SSSR count). The lowest BCUT2D eigenvalue weighted by atomic mass is 10.3. The van der Waals surface area contributed by atoms with Gasteiger partial charge in [0.2, 0.25) is 5.88 Å². The number of likely N-dealkylation sites (N-methyl/N-ethyl adjacent to an activating group) is 1. The molecule has 0 aliphatic carbocycles. The van der Waals surface area contributed by atoms with Gasteiger partial charge in [0.15, 0.2) is 0 Å². The predicted molar refractivity (Wildman–Crippen MR) is 82.0 cm³/mol. The van der Waals surface area contributed by atoms with E-state index >= 15 is 0 Å². The number of benzene rings is 1. The Labute approximate surface area is 124 Å². The smallest absolute Gasteiger partial charge is 0.214 e. The molecule has 0 amide bonds. The van der Waals surface area contributed by atoms with E-state index in [0.29, 0.717) is 12.4 Å². The van der Waals surface area contributed by atoms with E-state index in [2.05, 4.69) is 4.98 Å². The third-order valence-electron chi connectivity index (χ3n) is 2.98. The van der Waals surface area contributed by atoms with Crippen molar-refractivity contribution in [2.45, 2.75) is 6.10 Å². The predicted octanol–water partition coefficient (Wildman–Crippen LogP) is 1.97. The van der Waals surface area contributed by atoms with E-state index in [4.69, 9.17) is 9.47 Å². The monoisotopic (exact) mass is 288 g/mol. The number of rotatable bonds is 7. The Balaban J connectivity index is 1.85. The minimum atomic E-state index is -0.608. The standard InChI is InChI=1S/C16H20N2O3/c1-18(15-9-6-10-16(17-15)20-2)11-13(19)12-21-14-7-4-3-5-8-14/h3-10,13,19H,11-12H2,1-2H3. The average molecular weight is 288 g/mol. The topological polar surface area (TPSA) is 54.8 Å². The van der Waals surface area contributed by atoms with Crippen molar-refractivity contribution in [2.75, 3.05) is 32.2 Å². The van der Waals surface area contributed by atoms with Gasteiger partial charge in [-0.25, -0.2) is 0 Å². The number of para-hydroxylation sites is 1. The van der Waals surface area contributed by atoms with Crippen LogP contribution in [0.2, 0.25) is 0 Å². The van der Waals surface area contributed by atoms with Crippen molar-refractivity contribution in [3.05, 3.63) is 48.5 Å². The number of aromatic nitrogens is 1. The van der Waals surface area contributed by atoms with Crippen LogP contribution in [-0.4, -0.2) is 43.5 Å². The van der Waals surface area contributed by atoms with E-state index in [-0.39, 0.29) is 6.61 Å². The quantitative estimate of drug-likeness (QED) is 0.844. The van der Waals surface area contributed by atoms with Crippen molar-refractivity contribution in [1.29, 1.82) is 0 Å². The van der Waals surface area contributed by atoms with Crippen molar-refractivity contribution in [1.82, 2.24) is 4.98 Å². The fraction of sp³-hybridized carbons (Fsp3) is 0.312. The van der Waals surface area contributed by atoms with Crippen LogP contribution in [0.1, 0.15) is 0 Å². The van der Waals surface area contributed by atoms with Crippen molar-refractivity contribution in [2.24, 2.45) is 0 Å². The highest BCUT2D eigenvalue weighted by molar-refractivity contribution is 5.39. The summed E-state index contributed by atoms with van der Waals surface area (Å²) in [5.41, 5.74) is 0. The SMILES string of the molecule is COc1cccc(N(C)CC(O)COc2ccccc2)n1. The highest BCUT2D eigenvalue weighted by Gasteiger charge is 2.11. The van der Waals surface area contributed by atoms with Crippen molar-refractivity contribution < 1.29 is 14.6 Å². The van der Waals surface area contributed by atoms with Gasteiger partial charge in [-0.15, -0.1) is 0 Å². The van der Waals surface area contributed by atoms with Gasteiger partial charge < -0.3 is 19.5 Å². The highest BCUT2D eigenvalue weighted by atomic mass is 16.5. The van der Waals surface area contributed by atoms with Crippen LogP contribution in [0, 0.1) is 0 Å². The molecule has 1 N–H and O–H groups in total. The Bertz CT molecular complexity index is 548. The van der Waals surface area contributed by atoms with Crippen LogP contribution in [0.15, 0.2) is 48.5 Å². The van der Waals surface area contributed by atoms with Gasteiger partial charge in [0.05, 0.1) is 7.11 Å². The number of nitrogens with zero attached hydrogens (tertiary/aromatic N) is 2. The number of methoxy groups -OCH3 is 1. The van der Waals surface area contributed by atoms with E-state index in [9.17, 15) is 5.11 Å². The molecular formula is C16H20N2O3. The number of pyridine rings is 1. The molecular weight excluding hydrogens is 268 g/mol. The van der Waals surface area contributed by atoms with Crippen LogP contribution in [0.25, 0.3) is 0 Å². The Morgan fingerprint density at radius 1 is 1.14 bits per heavy atom. The second-order valence-electron chi connectivity index (χ2n) is 4.70. The number of aliphatic hydroxyl groups is 1. The summed E-state index contributed by atoms with van der Waals surface area (Å²) in [5.74, 6) is 2.04. The Morgan fingerprint density at radius 3 is 2.62 bits per heavy atom. The van der Waals surface area contributed by atoms with E-state index in [0.717, 1.165) is 11.6 Å². The average Bonchev–Trinajstić information content (AvgIpc) is 2.54. The molecule has 5 nitrogen and oxygen atoms in total. The first-order chi connectivity index (χ1) is 10.2. The Morgan fingerprint density at radius 2 is 1.90 bits per heavy atom. The normalized spacial score (nSPS) is 11.8. The molecule has 5 heteroatoms. The molecule has 1 unspecified atom stereocenters. The van der Waals surface area contributed by atoms with Gasteiger partial charge in [-0.1, -0.05) is 24.3 Å². The molecule has 0 spiro atoms. The molecule has 1 aromatic heterocycles. The van der Waals surface area contributed by atoms with E-state index in [1.54, 1.807) is 13.2 Å². The van der Waals surface area contributed by atoms with Crippen LogP contribution in [0.5, 0.6) is 11.6 Å². The first-order valence-electron chi connectivity index (χ1n) is 6.77. The zero-order valence-electron chi connectivity index (χ0n) is 12.3. The number of hydrogen-bond donors (Lipinski definition) is 1. The molecule has 112 valence electrons. The molecule has 0 fully saturated rings. The minimum absolute atomic E-state index is 0.234. The van der Waals surface area contributed by atoms with Gasteiger partial charge in [-0.3, -0.25) is 0 Å². The van der Waals surface area contributed by atoms with Crippen molar-refractivity contribution in [3.63, 3.8) is 0 Å². The van der Waals surface area contributed by atoms with Crippen LogP contribution in [0.4, 0.5) is 5.82 Å². The molecule has 0 saturated heterocycles. The zero-order chi connectivity index (χ0) is 15.1. The molecule has 1 atom stereocenters. The number of aliphatic hydroxyl groups excluding tert-OH is 1. The highest BCUT2D eigenvalue weighted by Crippen LogP contribution is 2.15. The number of hydrogen-bond acceptors (Lipinski definition) is 5. The molecule has 0 aliphatic heterocycles. The van der Waals surface area contributed by atoms with Crippen molar-refractivity contribution in [3.8, 4) is 11.6 Å². The summed E-state index contributed by atoms with van der Waals surface area (Å²) >= 11 is 0. The van der Waals surface area contributed by atoms with Crippen LogP contribution in [-0.2, 0) is 0 Å². The minimum Gasteiger partial charge on any atom is -0.491 e. The fourth-order valence-electron chi connectivity index (χ4n) is 1.90. The Kier molecular flexibility index (Phi) is 5.40. The zero-order valence-corrected chi connectivity index (χ0v) is 12.3. The number of ether oxygens (including phenoxy) is 2. The molecule has 0 radical (unpaired) electrons. The van der Waals surface area contributed by atoms with Crippen LogP contribution < -0.4 is 14.4 Å². The molecule has 1 heterocycles. The third kappa shape index (κ3) is 4.65. The van der Waals surface area contributed by atoms with Gasteiger partial charge in [0.1, 0.15) is 24.3 Å². The summed E-state index contributed by atoms with van der Waals surface area (Å²) in [6.07, 6.45) is -0.608. The first-order valence-corrected chi connectivity index (χ1v) is 6.77. The van der Waals surface area contributed by atoms with Crippen molar-refractivity contribution >= 4 is 5.82 Å². The number of anilines is 1. The summed E-state index contributed by atoms with van der Waals surface area (Å²) < 4.78 is 10.6. The largest absolute Gasteiger partial charge is 0.491 e. The van der Waals surface area contributed by atoms with Gasteiger partial charge in [0.25, 0.3) is 0 Å². The first kappa shape index (κ1) is 15.1. The molecule has 0 saturated carbocycles. The van der Waals surface area contributed by atoms with Gasteiger partial charge in [0, 0.05) is 19.7 Å².